The molecule has 2 aromatic rings. The molecule has 0 unspecified atom stereocenters. The fraction of sp³-hybridized carbons (Fsp3) is 0.389. The van der Waals surface area contributed by atoms with Crippen LogP contribution in [0.5, 0.6) is 5.75 Å². The van der Waals surface area contributed by atoms with E-state index in [2.05, 4.69) is 0 Å². The summed E-state index contributed by atoms with van der Waals surface area (Å²) in [5.41, 5.74) is 0.576. The van der Waals surface area contributed by atoms with Crippen LogP contribution in [0.15, 0.2) is 27.4 Å². The number of likely N-dealkylation sites (tertiary alicyclic amines) is 1. The first kappa shape index (κ1) is 18.3. The second-order valence-electron chi connectivity index (χ2n) is 6.33. The fourth-order valence-corrected chi connectivity index (χ4v) is 3.28. The van der Waals surface area contributed by atoms with Gasteiger partial charge in [0.25, 0.3) is 5.91 Å². The van der Waals surface area contributed by atoms with Gasteiger partial charge in [-0.2, -0.15) is 0 Å². The van der Waals surface area contributed by atoms with Crippen LogP contribution in [0.4, 0.5) is 0 Å². The summed E-state index contributed by atoms with van der Waals surface area (Å²) in [6.45, 7) is 2.19. The Morgan fingerprint density at radius 3 is 2.88 bits per heavy atom. The number of rotatable bonds is 4. The van der Waals surface area contributed by atoms with E-state index in [1.54, 1.807) is 13.0 Å². The second-order valence-corrected chi connectivity index (χ2v) is 6.74. The Balaban J connectivity index is 1.73. The number of halogens is 1. The lowest BCUT2D eigenvalue weighted by molar-refractivity contribution is -0.146. The van der Waals surface area contributed by atoms with Gasteiger partial charge in [-0.05, 0) is 31.4 Å². The SMILES string of the molecule is Cc1cc(=O)oc2cc(OCC(=O)N3CCC[C@H](C(=O)O)C3)c(Cl)cc12. The minimum atomic E-state index is -0.897. The van der Waals surface area contributed by atoms with Crippen molar-refractivity contribution < 1.29 is 23.8 Å². The predicted octanol–water partition coefficient (Wildman–Crippen LogP) is 2.46. The fourth-order valence-electron chi connectivity index (χ4n) is 3.07. The molecule has 138 valence electrons. The van der Waals surface area contributed by atoms with Crippen molar-refractivity contribution in [1.29, 1.82) is 0 Å². The molecule has 0 aliphatic carbocycles. The number of carbonyl (C=O) groups is 2. The Morgan fingerprint density at radius 1 is 1.38 bits per heavy atom. The van der Waals surface area contributed by atoms with Crippen molar-refractivity contribution in [2.45, 2.75) is 19.8 Å². The van der Waals surface area contributed by atoms with E-state index in [-0.39, 0.29) is 24.8 Å². The van der Waals surface area contributed by atoms with Crippen LogP contribution in [0.1, 0.15) is 18.4 Å². The van der Waals surface area contributed by atoms with Crippen LogP contribution in [-0.2, 0) is 9.59 Å². The Kier molecular flexibility index (Phi) is 5.18. The van der Waals surface area contributed by atoms with Gasteiger partial charge >= 0.3 is 11.6 Å². The van der Waals surface area contributed by atoms with Gasteiger partial charge in [-0.15, -0.1) is 0 Å². The number of carbonyl (C=O) groups excluding carboxylic acids is 1. The number of hydrogen-bond donors (Lipinski definition) is 1. The first-order valence-corrected chi connectivity index (χ1v) is 8.60. The Bertz CT molecular complexity index is 922. The largest absolute Gasteiger partial charge is 0.482 e. The molecule has 8 heteroatoms. The molecule has 1 aliphatic rings. The summed E-state index contributed by atoms with van der Waals surface area (Å²) in [7, 11) is 0. The van der Waals surface area contributed by atoms with Crippen LogP contribution in [0, 0.1) is 12.8 Å². The average Bonchev–Trinajstić information content (AvgIpc) is 2.60. The molecule has 0 spiro atoms. The summed E-state index contributed by atoms with van der Waals surface area (Å²) in [4.78, 5) is 36.4. The van der Waals surface area contributed by atoms with Crippen LogP contribution < -0.4 is 10.4 Å². The molecule has 1 N–H and O–H groups in total. The highest BCUT2D eigenvalue weighted by atomic mass is 35.5. The molecule has 1 fully saturated rings. The van der Waals surface area contributed by atoms with E-state index in [0.717, 1.165) is 5.56 Å². The van der Waals surface area contributed by atoms with Gasteiger partial charge in [0, 0.05) is 30.6 Å². The number of fused-ring (bicyclic) bond motifs is 1. The number of amides is 1. The zero-order valence-electron chi connectivity index (χ0n) is 14.2. The number of aryl methyl sites for hydroxylation is 1. The maximum Gasteiger partial charge on any atom is 0.336 e. The summed E-state index contributed by atoms with van der Waals surface area (Å²) in [6, 6.07) is 4.48. The van der Waals surface area contributed by atoms with E-state index in [9.17, 15) is 14.4 Å². The zero-order chi connectivity index (χ0) is 18.8. The van der Waals surface area contributed by atoms with E-state index in [4.69, 9.17) is 25.9 Å². The quantitative estimate of drug-likeness (QED) is 0.819. The van der Waals surface area contributed by atoms with Crippen LogP contribution in [0.2, 0.25) is 5.02 Å². The van der Waals surface area contributed by atoms with Crippen molar-refractivity contribution >= 4 is 34.4 Å². The molecule has 1 atom stereocenters. The second kappa shape index (κ2) is 7.37. The highest BCUT2D eigenvalue weighted by Gasteiger charge is 2.28. The topological polar surface area (TPSA) is 97.0 Å². The molecule has 0 saturated carbocycles. The average molecular weight is 380 g/mol. The third kappa shape index (κ3) is 3.83. The number of ether oxygens (including phenoxy) is 1. The highest BCUT2D eigenvalue weighted by Crippen LogP contribution is 2.31. The molecule has 7 nitrogen and oxygen atoms in total. The standard InChI is InChI=1S/C18H18ClNO6/c1-10-5-17(22)26-14-7-15(13(19)6-12(10)14)25-9-16(21)20-4-2-3-11(8-20)18(23)24/h5-7,11H,2-4,8-9H2,1H3,(H,23,24)/t11-/m0/s1. The Hall–Kier alpha value is -2.54. The molecule has 1 amide bonds. The number of aliphatic carboxylic acids is 1. The molecule has 1 aromatic heterocycles. The van der Waals surface area contributed by atoms with E-state index in [1.807, 2.05) is 0 Å². The molecule has 3 rings (SSSR count). The molecule has 0 bridgehead atoms. The number of nitrogens with zero attached hydrogens (tertiary/aromatic N) is 1. The lowest BCUT2D eigenvalue weighted by Crippen LogP contribution is -2.44. The van der Waals surface area contributed by atoms with Crippen molar-refractivity contribution in [3.63, 3.8) is 0 Å². The van der Waals surface area contributed by atoms with Crippen LogP contribution in [-0.4, -0.2) is 41.6 Å². The summed E-state index contributed by atoms with van der Waals surface area (Å²) >= 11 is 6.20. The molecular weight excluding hydrogens is 362 g/mol. The maximum atomic E-state index is 12.3. The van der Waals surface area contributed by atoms with E-state index in [0.29, 0.717) is 35.4 Å². The zero-order valence-corrected chi connectivity index (χ0v) is 14.9. The number of benzene rings is 1. The molecule has 2 heterocycles. The van der Waals surface area contributed by atoms with Crippen LogP contribution >= 0.6 is 11.6 Å². The van der Waals surface area contributed by atoms with Crippen LogP contribution in [0.25, 0.3) is 11.0 Å². The van der Waals surface area contributed by atoms with E-state index < -0.39 is 17.5 Å². The minimum absolute atomic E-state index is 0.178. The van der Waals surface area contributed by atoms with Crippen molar-refractivity contribution in [2.24, 2.45) is 5.92 Å². The number of piperidine rings is 1. The minimum Gasteiger partial charge on any atom is -0.482 e. The van der Waals surface area contributed by atoms with Gasteiger partial charge in [-0.1, -0.05) is 11.6 Å². The highest BCUT2D eigenvalue weighted by molar-refractivity contribution is 6.32. The van der Waals surface area contributed by atoms with Gasteiger partial charge < -0.3 is 19.2 Å². The molecule has 0 radical (unpaired) electrons. The number of hydrogen-bond acceptors (Lipinski definition) is 5. The van der Waals surface area contributed by atoms with Gasteiger partial charge in [0.15, 0.2) is 6.61 Å². The lowest BCUT2D eigenvalue weighted by Gasteiger charge is -2.30. The van der Waals surface area contributed by atoms with Gasteiger partial charge in [-0.3, -0.25) is 9.59 Å². The summed E-state index contributed by atoms with van der Waals surface area (Å²) < 4.78 is 10.6. The maximum absolute atomic E-state index is 12.3. The Morgan fingerprint density at radius 2 is 2.15 bits per heavy atom. The summed E-state index contributed by atoms with van der Waals surface area (Å²) in [6.07, 6.45) is 1.21. The molecule has 26 heavy (non-hydrogen) atoms. The first-order chi connectivity index (χ1) is 12.3. The van der Waals surface area contributed by atoms with Gasteiger partial charge in [-0.25, -0.2) is 4.79 Å². The predicted molar refractivity (Wildman–Crippen MR) is 94.7 cm³/mol. The van der Waals surface area contributed by atoms with Gasteiger partial charge in [0.05, 0.1) is 10.9 Å². The van der Waals surface area contributed by atoms with Crippen molar-refractivity contribution in [1.82, 2.24) is 4.90 Å². The molecular formula is C18H18ClNO6. The summed E-state index contributed by atoms with van der Waals surface area (Å²) in [5.74, 6) is -1.52. The van der Waals surface area contributed by atoms with Gasteiger partial charge in [0.1, 0.15) is 11.3 Å². The third-order valence-corrected chi connectivity index (χ3v) is 4.77. The molecule has 1 aromatic carbocycles. The lowest BCUT2D eigenvalue weighted by atomic mass is 9.98. The molecule has 1 saturated heterocycles. The summed E-state index contributed by atoms with van der Waals surface area (Å²) in [5, 5.41) is 10.1. The number of carboxylic acid groups (broad SMARTS) is 1. The Labute approximate surface area is 154 Å². The van der Waals surface area contributed by atoms with Crippen LogP contribution in [0.3, 0.4) is 0 Å². The number of carboxylic acids is 1. The van der Waals surface area contributed by atoms with E-state index >= 15 is 0 Å². The first-order valence-electron chi connectivity index (χ1n) is 8.22. The normalized spacial score (nSPS) is 17.3. The van der Waals surface area contributed by atoms with Gasteiger partial charge in [0.2, 0.25) is 0 Å². The third-order valence-electron chi connectivity index (χ3n) is 4.48. The van der Waals surface area contributed by atoms with Crippen molar-refractivity contribution in [3.8, 4) is 5.75 Å². The molecule has 1 aliphatic heterocycles. The smallest absolute Gasteiger partial charge is 0.336 e. The van der Waals surface area contributed by atoms with Crippen molar-refractivity contribution in [2.75, 3.05) is 19.7 Å². The monoisotopic (exact) mass is 379 g/mol. The van der Waals surface area contributed by atoms with E-state index in [1.165, 1.54) is 17.0 Å². The van der Waals surface area contributed by atoms with Crippen molar-refractivity contribution in [3.05, 3.63) is 39.2 Å².